The highest BCUT2D eigenvalue weighted by Crippen LogP contribution is 2.28. The molecule has 1 heterocycles. The molecule has 1 aliphatic heterocycles. The number of alkyl halides is 1. The van der Waals surface area contributed by atoms with Gasteiger partial charge in [-0.2, -0.15) is 0 Å². The van der Waals surface area contributed by atoms with E-state index in [2.05, 4.69) is 0 Å². The van der Waals surface area contributed by atoms with Crippen molar-refractivity contribution in [2.75, 3.05) is 13.1 Å². The Bertz CT molecular complexity index is 505. The second-order valence-corrected chi connectivity index (χ2v) is 5.35. The minimum Gasteiger partial charge on any atom is -0.479 e. The molecule has 1 N–H and O–H groups in total. The summed E-state index contributed by atoms with van der Waals surface area (Å²) in [5, 5.41) is 8.82. The second kappa shape index (κ2) is 5.61. The zero-order valence-corrected chi connectivity index (χ0v) is 11.4. The van der Waals surface area contributed by atoms with Crippen molar-refractivity contribution in [3.8, 4) is 0 Å². The number of amides is 1. The molecule has 2 atom stereocenters. The van der Waals surface area contributed by atoms with Crippen LogP contribution in [0.15, 0.2) is 30.3 Å². The summed E-state index contributed by atoms with van der Waals surface area (Å²) in [6.45, 7) is 1.76. The normalized spacial score (nSPS) is 23.6. The van der Waals surface area contributed by atoms with E-state index in [-0.39, 0.29) is 37.8 Å². The van der Waals surface area contributed by atoms with Gasteiger partial charge in [0.1, 0.15) is 0 Å². The van der Waals surface area contributed by atoms with Gasteiger partial charge in [0.15, 0.2) is 0 Å². The fourth-order valence-electron chi connectivity index (χ4n) is 2.45. The molecular weight excluding hydrogens is 261 g/mol. The molecule has 0 bridgehead atoms. The number of halogens is 1. The van der Waals surface area contributed by atoms with Gasteiger partial charge in [-0.25, -0.2) is 9.18 Å². The highest BCUT2D eigenvalue weighted by atomic mass is 19.1. The molecule has 0 aromatic heterocycles. The van der Waals surface area contributed by atoms with Crippen molar-refractivity contribution in [2.45, 2.75) is 31.4 Å². The Labute approximate surface area is 117 Å². The van der Waals surface area contributed by atoms with Gasteiger partial charge in [0.25, 0.3) is 0 Å². The van der Waals surface area contributed by atoms with E-state index in [1.54, 1.807) is 0 Å². The lowest BCUT2D eigenvalue weighted by Gasteiger charge is -2.20. The van der Waals surface area contributed by atoms with Crippen molar-refractivity contribution < 1.29 is 19.1 Å². The molecule has 1 aromatic carbocycles. The van der Waals surface area contributed by atoms with Crippen LogP contribution in [-0.4, -0.2) is 40.6 Å². The van der Waals surface area contributed by atoms with Gasteiger partial charge in [0.05, 0.1) is 6.54 Å². The van der Waals surface area contributed by atoms with Gasteiger partial charge < -0.3 is 10.0 Å². The Morgan fingerprint density at radius 3 is 2.60 bits per heavy atom. The number of carboxylic acids is 1. The molecule has 2 rings (SSSR count). The van der Waals surface area contributed by atoms with Crippen LogP contribution in [-0.2, 0) is 9.59 Å². The minimum atomic E-state index is -2.29. The van der Waals surface area contributed by atoms with Gasteiger partial charge >= 0.3 is 5.97 Å². The maximum atomic E-state index is 13.9. The molecule has 0 saturated carbocycles. The van der Waals surface area contributed by atoms with Crippen molar-refractivity contribution in [2.24, 2.45) is 0 Å². The van der Waals surface area contributed by atoms with Crippen LogP contribution in [0, 0.1) is 0 Å². The van der Waals surface area contributed by atoms with E-state index in [9.17, 15) is 14.0 Å². The van der Waals surface area contributed by atoms with E-state index in [4.69, 9.17) is 5.11 Å². The summed E-state index contributed by atoms with van der Waals surface area (Å²) in [6.07, 6.45) is 0.132. The summed E-state index contributed by atoms with van der Waals surface area (Å²) in [4.78, 5) is 24.2. The number of hydrogen-bond donors (Lipinski definition) is 1. The van der Waals surface area contributed by atoms with Crippen LogP contribution in [0.2, 0.25) is 0 Å². The molecule has 1 aromatic rings. The van der Waals surface area contributed by atoms with Crippen molar-refractivity contribution in [3.63, 3.8) is 0 Å². The summed E-state index contributed by atoms with van der Waals surface area (Å²) >= 11 is 0. The summed E-state index contributed by atoms with van der Waals surface area (Å²) in [5.41, 5.74) is -1.24. The first-order valence-corrected chi connectivity index (χ1v) is 6.67. The highest BCUT2D eigenvalue weighted by molar-refractivity contribution is 5.82. The predicted molar refractivity (Wildman–Crippen MR) is 72.1 cm³/mol. The quantitative estimate of drug-likeness (QED) is 0.919. The summed E-state index contributed by atoms with van der Waals surface area (Å²) < 4.78 is 13.9. The van der Waals surface area contributed by atoms with Crippen LogP contribution in [0.4, 0.5) is 4.39 Å². The second-order valence-electron chi connectivity index (χ2n) is 5.35. The molecule has 0 aliphatic carbocycles. The monoisotopic (exact) mass is 279 g/mol. The summed E-state index contributed by atoms with van der Waals surface area (Å²) in [7, 11) is 0. The SMILES string of the molecule is CC(CC(=O)N1CCC(F)(C(=O)O)C1)c1ccccc1. The minimum absolute atomic E-state index is 0.0307. The number of likely N-dealkylation sites (tertiary alicyclic amines) is 1. The van der Waals surface area contributed by atoms with E-state index < -0.39 is 11.6 Å². The molecular formula is C15H18FNO3. The van der Waals surface area contributed by atoms with Gasteiger partial charge in [-0.3, -0.25) is 4.79 Å². The molecule has 2 unspecified atom stereocenters. The van der Waals surface area contributed by atoms with E-state index >= 15 is 0 Å². The van der Waals surface area contributed by atoms with Gasteiger partial charge in [0, 0.05) is 19.4 Å². The molecule has 20 heavy (non-hydrogen) atoms. The molecule has 4 nitrogen and oxygen atoms in total. The smallest absolute Gasteiger partial charge is 0.343 e. The van der Waals surface area contributed by atoms with Crippen molar-refractivity contribution in [1.82, 2.24) is 4.90 Å². The zero-order valence-electron chi connectivity index (χ0n) is 11.4. The number of aliphatic carboxylic acids is 1. The molecule has 5 heteroatoms. The third-order valence-electron chi connectivity index (χ3n) is 3.80. The highest BCUT2D eigenvalue weighted by Gasteiger charge is 2.46. The van der Waals surface area contributed by atoms with Gasteiger partial charge in [-0.1, -0.05) is 37.3 Å². The lowest BCUT2D eigenvalue weighted by atomic mass is 9.97. The van der Waals surface area contributed by atoms with Gasteiger partial charge in [0.2, 0.25) is 11.6 Å². The van der Waals surface area contributed by atoms with Crippen LogP contribution < -0.4 is 0 Å². The number of carbonyl (C=O) groups is 2. The first-order valence-electron chi connectivity index (χ1n) is 6.67. The standard InChI is InChI=1S/C15H18FNO3/c1-11(12-5-3-2-4-6-12)9-13(18)17-8-7-15(16,10-17)14(19)20/h2-6,11H,7-10H2,1H3,(H,19,20). The maximum Gasteiger partial charge on any atom is 0.343 e. The largest absolute Gasteiger partial charge is 0.479 e. The third-order valence-corrected chi connectivity index (χ3v) is 3.80. The van der Waals surface area contributed by atoms with Gasteiger partial charge in [-0.05, 0) is 11.5 Å². The molecule has 1 amide bonds. The lowest BCUT2D eigenvalue weighted by Crippen LogP contribution is -2.39. The number of carboxylic acid groups (broad SMARTS) is 1. The molecule has 1 saturated heterocycles. The van der Waals surface area contributed by atoms with Crippen molar-refractivity contribution in [1.29, 1.82) is 0 Å². The molecule has 1 aliphatic rings. The van der Waals surface area contributed by atoms with Crippen LogP contribution in [0.5, 0.6) is 0 Å². The summed E-state index contributed by atoms with van der Waals surface area (Å²) in [5.74, 6) is -1.64. The maximum absolute atomic E-state index is 13.9. The van der Waals surface area contributed by atoms with Crippen LogP contribution in [0.25, 0.3) is 0 Å². The van der Waals surface area contributed by atoms with Crippen LogP contribution in [0.1, 0.15) is 31.2 Å². The van der Waals surface area contributed by atoms with Crippen LogP contribution >= 0.6 is 0 Å². The van der Waals surface area contributed by atoms with E-state index in [1.807, 2.05) is 37.3 Å². The Kier molecular flexibility index (Phi) is 4.06. The first kappa shape index (κ1) is 14.5. The molecule has 0 spiro atoms. The molecule has 108 valence electrons. The number of rotatable bonds is 4. The third kappa shape index (κ3) is 2.98. The van der Waals surface area contributed by atoms with Gasteiger partial charge in [-0.15, -0.1) is 0 Å². The fraction of sp³-hybridized carbons (Fsp3) is 0.467. The summed E-state index contributed by atoms with van der Waals surface area (Å²) in [6, 6.07) is 9.60. The number of hydrogen-bond acceptors (Lipinski definition) is 2. The van der Waals surface area contributed by atoms with E-state index in [0.717, 1.165) is 5.56 Å². The fourth-order valence-corrected chi connectivity index (χ4v) is 2.45. The number of nitrogens with zero attached hydrogens (tertiary/aromatic N) is 1. The van der Waals surface area contributed by atoms with E-state index in [0.29, 0.717) is 0 Å². The average molecular weight is 279 g/mol. The predicted octanol–water partition coefficient (Wildman–Crippen LogP) is 2.21. The Morgan fingerprint density at radius 2 is 2.05 bits per heavy atom. The molecule has 1 fully saturated rings. The topological polar surface area (TPSA) is 57.6 Å². The number of carbonyl (C=O) groups excluding carboxylic acids is 1. The number of benzene rings is 1. The van der Waals surface area contributed by atoms with Crippen molar-refractivity contribution >= 4 is 11.9 Å². The Morgan fingerprint density at radius 1 is 1.40 bits per heavy atom. The van der Waals surface area contributed by atoms with Crippen molar-refractivity contribution in [3.05, 3.63) is 35.9 Å². The lowest BCUT2D eigenvalue weighted by molar-refractivity contribution is -0.150. The molecule has 0 radical (unpaired) electrons. The Hall–Kier alpha value is -1.91. The zero-order chi connectivity index (χ0) is 14.8. The Balaban J connectivity index is 1.95. The average Bonchev–Trinajstić information content (AvgIpc) is 2.84. The van der Waals surface area contributed by atoms with E-state index in [1.165, 1.54) is 4.90 Å². The first-order chi connectivity index (χ1) is 9.42. The van der Waals surface area contributed by atoms with Crippen LogP contribution in [0.3, 0.4) is 0 Å².